The summed E-state index contributed by atoms with van der Waals surface area (Å²) < 4.78 is 91.7. The highest BCUT2D eigenvalue weighted by molar-refractivity contribution is 9.10. The number of nitrogens with zero attached hydrogens (tertiary/aromatic N) is 2. The molecule has 0 saturated carbocycles. The maximum atomic E-state index is 14.2. The molecule has 0 aliphatic heterocycles. The summed E-state index contributed by atoms with van der Waals surface area (Å²) >= 11 is 5.64. The number of rotatable bonds is 2. The third-order valence-electron chi connectivity index (χ3n) is 11.0. The highest BCUT2D eigenvalue weighted by Crippen LogP contribution is 2.49. The van der Waals surface area contributed by atoms with E-state index >= 15 is 0 Å². The first kappa shape index (κ1) is 33.5. The Morgan fingerprint density at radius 3 is 1.66 bits per heavy atom. The number of thiophene rings is 1. The van der Waals surface area contributed by atoms with Crippen LogP contribution >= 0.6 is 27.3 Å². The van der Waals surface area contributed by atoms with Gasteiger partial charge in [-0.1, -0.05) is 72.8 Å². The molecule has 11 aromatic rings. The largest absolute Gasteiger partial charge is 0.416 e. The molecule has 0 radical (unpaired) electrons. The fourth-order valence-electron chi connectivity index (χ4n) is 8.55. The van der Waals surface area contributed by atoms with E-state index in [0.717, 1.165) is 93.5 Å². The van der Waals surface area contributed by atoms with E-state index < -0.39 is 23.5 Å². The van der Waals surface area contributed by atoms with Crippen LogP contribution in [0.1, 0.15) is 11.1 Å². The zero-order valence-electron chi connectivity index (χ0n) is 28.7. The van der Waals surface area contributed by atoms with Crippen LogP contribution in [0.5, 0.6) is 0 Å². The maximum Gasteiger partial charge on any atom is 0.416 e. The van der Waals surface area contributed by atoms with E-state index in [9.17, 15) is 26.3 Å². The fourth-order valence-corrected chi connectivity index (χ4v) is 10.4. The second-order valence-corrected chi connectivity index (χ2v) is 15.9. The Balaban J connectivity index is 1.34. The van der Waals surface area contributed by atoms with E-state index in [1.54, 1.807) is 11.3 Å². The molecular formula is C46H23BrF6N2S. The van der Waals surface area contributed by atoms with Crippen molar-refractivity contribution in [2.45, 2.75) is 12.4 Å². The van der Waals surface area contributed by atoms with Crippen LogP contribution in [0.2, 0.25) is 0 Å². The summed E-state index contributed by atoms with van der Waals surface area (Å²) in [6, 6.07) is 41.7. The SMILES string of the molecule is FC(F)(F)c1ccc2c(c1)c1cc(C(F)(F)F)ccc1n2-c1c(Br)c(-n2c3cc4ccccc4cc3c3c4ccccc4ccc32)cc2sc3ccccc3c12. The van der Waals surface area contributed by atoms with Crippen molar-refractivity contribution in [3.05, 3.63) is 155 Å². The van der Waals surface area contributed by atoms with Gasteiger partial charge in [-0.25, -0.2) is 0 Å². The molecule has 2 nitrogen and oxygen atoms in total. The van der Waals surface area contributed by atoms with Crippen LogP contribution in [0, 0.1) is 0 Å². The van der Waals surface area contributed by atoms with Crippen LogP contribution < -0.4 is 0 Å². The summed E-state index contributed by atoms with van der Waals surface area (Å²) in [5.74, 6) is 0. The summed E-state index contributed by atoms with van der Waals surface area (Å²) in [5, 5.41) is 8.34. The number of halogens is 7. The Labute approximate surface area is 325 Å². The number of hydrogen-bond donors (Lipinski definition) is 0. The molecular weight excluding hydrogens is 806 g/mol. The van der Waals surface area contributed by atoms with Gasteiger partial charge in [-0.05, 0) is 104 Å². The summed E-state index contributed by atoms with van der Waals surface area (Å²) in [4.78, 5) is 0. The van der Waals surface area contributed by atoms with Crippen molar-refractivity contribution >= 4 is 113 Å². The molecule has 0 amide bonds. The minimum Gasteiger partial charge on any atom is -0.308 e. The van der Waals surface area contributed by atoms with Gasteiger partial charge in [-0.15, -0.1) is 11.3 Å². The summed E-state index contributed by atoms with van der Waals surface area (Å²) in [6.45, 7) is 0. The van der Waals surface area contributed by atoms with E-state index in [4.69, 9.17) is 0 Å². The monoisotopic (exact) mass is 828 g/mol. The molecule has 0 spiro atoms. The average molecular weight is 830 g/mol. The Morgan fingerprint density at radius 2 is 1.00 bits per heavy atom. The van der Waals surface area contributed by atoms with Crippen molar-refractivity contribution in [2.24, 2.45) is 0 Å². The number of fused-ring (bicyclic) bond motifs is 12. The third kappa shape index (κ3) is 4.75. The number of alkyl halides is 6. The first-order valence-electron chi connectivity index (χ1n) is 17.7. The van der Waals surface area contributed by atoms with Crippen molar-refractivity contribution in [1.82, 2.24) is 9.13 Å². The van der Waals surface area contributed by atoms with Crippen molar-refractivity contribution < 1.29 is 26.3 Å². The quantitative estimate of drug-likeness (QED) is 0.154. The third-order valence-corrected chi connectivity index (χ3v) is 12.9. The van der Waals surface area contributed by atoms with E-state index in [2.05, 4.69) is 75.1 Å². The Morgan fingerprint density at radius 1 is 0.429 bits per heavy atom. The molecule has 3 aromatic heterocycles. The van der Waals surface area contributed by atoms with Crippen molar-refractivity contribution in [2.75, 3.05) is 0 Å². The van der Waals surface area contributed by atoms with Gasteiger partial charge in [0.15, 0.2) is 0 Å². The van der Waals surface area contributed by atoms with Gasteiger partial charge in [-0.3, -0.25) is 0 Å². The molecule has 10 heteroatoms. The molecule has 0 aliphatic carbocycles. The normalized spacial score (nSPS) is 12.9. The highest BCUT2D eigenvalue weighted by atomic mass is 79.9. The van der Waals surface area contributed by atoms with E-state index in [-0.39, 0.29) is 10.8 Å². The van der Waals surface area contributed by atoms with Gasteiger partial charge < -0.3 is 9.13 Å². The van der Waals surface area contributed by atoms with Crippen molar-refractivity contribution in [1.29, 1.82) is 0 Å². The second-order valence-electron chi connectivity index (χ2n) is 14.1. The van der Waals surface area contributed by atoms with Gasteiger partial charge in [0.1, 0.15) is 0 Å². The predicted octanol–water partition coefficient (Wildman–Crippen LogP) is 15.4. The molecule has 3 heterocycles. The lowest BCUT2D eigenvalue weighted by atomic mass is 10.0. The van der Waals surface area contributed by atoms with Gasteiger partial charge in [0, 0.05) is 41.7 Å². The molecule has 272 valence electrons. The minimum absolute atomic E-state index is 0.0701. The van der Waals surface area contributed by atoms with Crippen LogP contribution in [-0.2, 0) is 12.4 Å². The van der Waals surface area contributed by atoms with Crippen LogP contribution in [0.4, 0.5) is 26.3 Å². The molecule has 11 rings (SSSR count). The van der Waals surface area contributed by atoms with E-state index in [1.807, 2.05) is 53.1 Å². The van der Waals surface area contributed by atoms with Crippen molar-refractivity contribution in [3.8, 4) is 11.4 Å². The average Bonchev–Trinajstić information content (AvgIpc) is 3.83. The highest BCUT2D eigenvalue weighted by Gasteiger charge is 2.34. The van der Waals surface area contributed by atoms with Crippen molar-refractivity contribution in [3.63, 3.8) is 0 Å². The molecule has 0 fully saturated rings. The zero-order chi connectivity index (χ0) is 38.2. The van der Waals surface area contributed by atoms with Gasteiger partial charge in [0.2, 0.25) is 0 Å². The van der Waals surface area contributed by atoms with Gasteiger partial charge in [-0.2, -0.15) is 26.3 Å². The van der Waals surface area contributed by atoms with Crippen LogP contribution in [-0.4, -0.2) is 9.13 Å². The number of hydrogen-bond acceptors (Lipinski definition) is 1. The fraction of sp³-hybridized carbons (Fsp3) is 0.0435. The Bertz CT molecular complexity index is 3410. The first-order chi connectivity index (χ1) is 27.0. The van der Waals surface area contributed by atoms with E-state index in [0.29, 0.717) is 21.2 Å². The Kier molecular flexibility index (Phi) is 6.94. The van der Waals surface area contributed by atoms with Gasteiger partial charge in [0.05, 0.1) is 49.0 Å². The molecule has 0 saturated heterocycles. The van der Waals surface area contributed by atoms with Crippen LogP contribution in [0.25, 0.3) is 96.7 Å². The second kappa shape index (κ2) is 11.6. The molecule has 0 unspecified atom stereocenters. The van der Waals surface area contributed by atoms with Crippen LogP contribution in [0.3, 0.4) is 0 Å². The summed E-state index contributed by atoms with van der Waals surface area (Å²) in [6.07, 6.45) is -9.40. The molecule has 0 bridgehead atoms. The lowest BCUT2D eigenvalue weighted by Crippen LogP contribution is -2.05. The smallest absolute Gasteiger partial charge is 0.308 e. The molecule has 0 atom stereocenters. The molecule has 56 heavy (non-hydrogen) atoms. The molecule has 8 aromatic carbocycles. The summed E-state index contributed by atoms with van der Waals surface area (Å²) in [7, 11) is 0. The lowest BCUT2D eigenvalue weighted by molar-refractivity contribution is -0.138. The number of benzene rings is 8. The maximum absolute atomic E-state index is 14.2. The first-order valence-corrected chi connectivity index (χ1v) is 19.3. The van der Waals surface area contributed by atoms with Gasteiger partial charge in [0.25, 0.3) is 0 Å². The molecule has 0 aliphatic rings. The number of aromatic nitrogens is 2. The van der Waals surface area contributed by atoms with E-state index in [1.165, 1.54) is 12.1 Å². The lowest BCUT2D eigenvalue weighted by Gasteiger charge is -2.18. The topological polar surface area (TPSA) is 9.86 Å². The summed E-state index contributed by atoms with van der Waals surface area (Å²) in [5.41, 5.74) is 2.11. The van der Waals surface area contributed by atoms with Crippen LogP contribution in [0.15, 0.2) is 144 Å². The van der Waals surface area contributed by atoms with Gasteiger partial charge >= 0.3 is 12.4 Å². The zero-order valence-corrected chi connectivity index (χ0v) is 31.1. The minimum atomic E-state index is -4.70. The predicted molar refractivity (Wildman–Crippen MR) is 221 cm³/mol. The Hall–Kier alpha value is -5.84. The molecule has 0 N–H and O–H groups in total. The standard InChI is InChI=1S/C46H23BrF6N2S/c47-43-38(54-36-16-13-24-7-3-4-10-29(24)41(36)33-19-25-8-1-2-9-26(25)20-37(33)54)23-40-42(30-11-5-6-12-39(30)56-40)44(43)55-34-17-14-27(45(48,49)50)21-31(34)32-22-28(46(51,52)53)15-18-35(32)55/h1-23H.